The zero-order valence-corrected chi connectivity index (χ0v) is 9.27. The van der Waals surface area contributed by atoms with E-state index in [4.69, 9.17) is 10.2 Å². The monoisotopic (exact) mass is 216 g/mol. The molecule has 0 amide bonds. The summed E-state index contributed by atoms with van der Waals surface area (Å²) in [6, 6.07) is -0.250. The van der Waals surface area contributed by atoms with Gasteiger partial charge in [0, 0.05) is 11.4 Å². The Bertz CT molecular complexity index is 265. The maximum Gasteiger partial charge on any atom is 0.107 e. The first-order chi connectivity index (χ1) is 6.67. The Labute approximate surface area is 87.6 Å². The Balaban J connectivity index is 2.45. The van der Waals surface area contributed by atoms with Gasteiger partial charge in [0.25, 0.3) is 0 Å². The normalized spacial score (nSPS) is 11.2. The molecule has 4 nitrogen and oxygen atoms in total. The molecule has 5 heteroatoms. The van der Waals surface area contributed by atoms with Crippen molar-refractivity contribution >= 4 is 11.3 Å². The van der Waals surface area contributed by atoms with Crippen LogP contribution in [0.25, 0.3) is 0 Å². The molecule has 1 rings (SSSR count). The van der Waals surface area contributed by atoms with Gasteiger partial charge in [-0.15, -0.1) is 11.3 Å². The molecule has 0 aliphatic rings. The Morgan fingerprint density at radius 1 is 1.36 bits per heavy atom. The van der Waals surface area contributed by atoms with Gasteiger partial charge in [-0.1, -0.05) is 0 Å². The average molecular weight is 216 g/mol. The van der Waals surface area contributed by atoms with Crippen molar-refractivity contribution in [2.75, 3.05) is 13.2 Å². The minimum Gasteiger partial charge on any atom is -0.395 e. The maximum atomic E-state index is 8.82. The topological polar surface area (TPSA) is 65.4 Å². The highest BCUT2D eigenvalue weighted by molar-refractivity contribution is 7.11. The average Bonchev–Trinajstić information content (AvgIpc) is 2.48. The zero-order chi connectivity index (χ0) is 10.6. The highest BCUT2D eigenvalue weighted by atomic mass is 32.1. The van der Waals surface area contributed by atoms with Crippen molar-refractivity contribution < 1.29 is 10.2 Å². The van der Waals surface area contributed by atoms with E-state index >= 15 is 0 Å². The van der Waals surface area contributed by atoms with E-state index in [-0.39, 0.29) is 19.3 Å². The lowest BCUT2D eigenvalue weighted by molar-refractivity contribution is 0.170. The molecule has 0 radical (unpaired) electrons. The summed E-state index contributed by atoms with van der Waals surface area (Å²) in [5.74, 6) is 0. The lowest BCUT2D eigenvalue weighted by atomic mass is 10.3. The molecule has 0 spiro atoms. The summed E-state index contributed by atoms with van der Waals surface area (Å²) >= 11 is 1.64. The third-order valence-corrected chi connectivity index (χ3v) is 3.13. The largest absolute Gasteiger partial charge is 0.395 e. The zero-order valence-electron chi connectivity index (χ0n) is 8.45. The van der Waals surface area contributed by atoms with Crippen LogP contribution in [0.1, 0.15) is 15.6 Å². The van der Waals surface area contributed by atoms with Crippen molar-refractivity contribution in [1.29, 1.82) is 0 Å². The van der Waals surface area contributed by atoms with Crippen molar-refractivity contribution in [2.45, 2.75) is 26.4 Å². The summed E-state index contributed by atoms with van der Waals surface area (Å²) in [5.41, 5.74) is 1.05. The summed E-state index contributed by atoms with van der Waals surface area (Å²) in [5, 5.41) is 21.7. The van der Waals surface area contributed by atoms with Gasteiger partial charge >= 0.3 is 0 Å². The molecule has 1 aromatic heterocycles. The van der Waals surface area contributed by atoms with Crippen LogP contribution in [-0.2, 0) is 6.54 Å². The predicted octanol–water partition coefficient (Wildman–Crippen LogP) is 0.203. The molecule has 0 fully saturated rings. The highest BCUT2D eigenvalue weighted by Crippen LogP contribution is 2.15. The second kappa shape index (κ2) is 5.41. The molecule has 3 N–H and O–H groups in total. The van der Waals surface area contributed by atoms with Crippen LogP contribution in [0.5, 0.6) is 0 Å². The fourth-order valence-electron chi connectivity index (χ4n) is 1.03. The van der Waals surface area contributed by atoms with Crippen LogP contribution in [0.2, 0.25) is 0 Å². The van der Waals surface area contributed by atoms with Gasteiger partial charge in [-0.2, -0.15) is 0 Å². The Kier molecular flexibility index (Phi) is 4.47. The number of rotatable bonds is 5. The van der Waals surface area contributed by atoms with Crippen molar-refractivity contribution in [1.82, 2.24) is 10.3 Å². The van der Waals surface area contributed by atoms with Crippen molar-refractivity contribution in [2.24, 2.45) is 0 Å². The predicted molar refractivity (Wildman–Crippen MR) is 56.4 cm³/mol. The van der Waals surface area contributed by atoms with Crippen LogP contribution >= 0.6 is 11.3 Å². The molecule has 0 atom stereocenters. The summed E-state index contributed by atoms with van der Waals surface area (Å²) in [4.78, 5) is 5.56. The van der Waals surface area contributed by atoms with Crippen molar-refractivity contribution in [3.63, 3.8) is 0 Å². The molecule has 1 aromatic rings. The number of nitrogens with zero attached hydrogens (tertiary/aromatic N) is 1. The van der Waals surface area contributed by atoms with E-state index in [0.717, 1.165) is 10.7 Å². The van der Waals surface area contributed by atoms with Gasteiger partial charge in [-0.05, 0) is 13.8 Å². The summed E-state index contributed by atoms with van der Waals surface area (Å²) < 4.78 is 0. The highest BCUT2D eigenvalue weighted by Gasteiger charge is 2.07. The van der Waals surface area contributed by atoms with Gasteiger partial charge in [0.05, 0.1) is 24.9 Å². The molecule has 80 valence electrons. The number of hydrogen-bond acceptors (Lipinski definition) is 5. The molecular weight excluding hydrogens is 200 g/mol. The summed E-state index contributed by atoms with van der Waals surface area (Å²) in [6.45, 7) is 4.50. The van der Waals surface area contributed by atoms with Gasteiger partial charge < -0.3 is 15.5 Å². The number of aryl methyl sites for hydroxylation is 2. The smallest absolute Gasteiger partial charge is 0.107 e. The van der Waals surface area contributed by atoms with Gasteiger partial charge in [-0.25, -0.2) is 4.98 Å². The Morgan fingerprint density at radius 2 is 2.00 bits per heavy atom. The first-order valence-corrected chi connectivity index (χ1v) is 5.37. The molecule has 0 aliphatic carbocycles. The van der Waals surface area contributed by atoms with E-state index < -0.39 is 0 Å². The van der Waals surface area contributed by atoms with Crippen LogP contribution in [0.3, 0.4) is 0 Å². The van der Waals surface area contributed by atoms with Gasteiger partial charge in [0.2, 0.25) is 0 Å². The van der Waals surface area contributed by atoms with Crippen LogP contribution in [-0.4, -0.2) is 34.5 Å². The minimum atomic E-state index is -0.250. The number of nitrogens with one attached hydrogen (secondary N) is 1. The molecule has 1 heterocycles. The fraction of sp³-hybridized carbons (Fsp3) is 0.667. The minimum absolute atomic E-state index is 0.0557. The Hall–Kier alpha value is -0.490. The molecule has 0 aromatic carbocycles. The standard InChI is InChI=1S/C9H16N2O2S/c1-6-7(2)14-9(11-6)3-10-8(4-12)5-13/h8,10,12-13H,3-5H2,1-2H3. The molecule has 0 bridgehead atoms. The molecule has 14 heavy (non-hydrogen) atoms. The first kappa shape index (κ1) is 11.6. The van der Waals surface area contributed by atoms with Crippen molar-refractivity contribution in [3.05, 3.63) is 15.6 Å². The van der Waals surface area contributed by atoms with Gasteiger partial charge in [-0.3, -0.25) is 0 Å². The third kappa shape index (κ3) is 3.02. The molecule has 0 unspecified atom stereocenters. The lowest BCUT2D eigenvalue weighted by Gasteiger charge is -2.11. The van der Waals surface area contributed by atoms with E-state index in [0.29, 0.717) is 6.54 Å². The third-order valence-electron chi connectivity index (χ3n) is 2.06. The van der Waals surface area contributed by atoms with Crippen LogP contribution < -0.4 is 5.32 Å². The maximum absolute atomic E-state index is 8.82. The van der Waals surface area contributed by atoms with Crippen LogP contribution in [0, 0.1) is 13.8 Å². The number of aliphatic hydroxyl groups excluding tert-OH is 2. The number of aliphatic hydroxyl groups is 2. The van der Waals surface area contributed by atoms with Crippen LogP contribution in [0.15, 0.2) is 0 Å². The first-order valence-electron chi connectivity index (χ1n) is 4.55. The van der Waals surface area contributed by atoms with E-state index in [1.807, 2.05) is 13.8 Å². The van der Waals surface area contributed by atoms with Crippen molar-refractivity contribution in [3.8, 4) is 0 Å². The van der Waals surface area contributed by atoms with E-state index in [9.17, 15) is 0 Å². The van der Waals surface area contributed by atoms with E-state index in [2.05, 4.69) is 10.3 Å². The second-order valence-corrected chi connectivity index (χ2v) is 4.48. The molecule has 0 saturated carbocycles. The number of hydrogen-bond donors (Lipinski definition) is 3. The SMILES string of the molecule is Cc1nc(CNC(CO)CO)sc1C. The lowest BCUT2D eigenvalue weighted by Crippen LogP contribution is -2.35. The second-order valence-electron chi connectivity index (χ2n) is 3.19. The number of thiazole rings is 1. The van der Waals surface area contributed by atoms with Gasteiger partial charge in [0.1, 0.15) is 5.01 Å². The molecule has 0 saturated heterocycles. The summed E-state index contributed by atoms with van der Waals surface area (Å²) in [7, 11) is 0. The fourth-order valence-corrected chi connectivity index (χ4v) is 1.92. The molecular formula is C9H16N2O2S. The van der Waals surface area contributed by atoms with Gasteiger partial charge in [0.15, 0.2) is 0 Å². The van der Waals surface area contributed by atoms with E-state index in [1.54, 1.807) is 11.3 Å². The van der Waals surface area contributed by atoms with Crippen LogP contribution in [0.4, 0.5) is 0 Å². The Morgan fingerprint density at radius 3 is 2.43 bits per heavy atom. The summed E-state index contributed by atoms with van der Waals surface area (Å²) in [6.07, 6.45) is 0. The number of aromatic nitrogens is 1. The molecule has 0 aliphatic heterocycles. The quantitative estimate of drug-likeness (QED) is 0.658. The van der Waals surface area contributed by atoms with E-state index in [1.165, 1.54) is 4.88 Å².